The van der Waals surface area contributed by atoms with Gasteiger partial charge in [0.1, 0.15) is 0 Å². The number of hydrogen-bond acceptors (Lipinski definition) is 6. The molecule has 23 heavy (non-hydrogen) atoms. The molecule has 0 aliphatic heterocycles. The van der Waals surface area contributed by atoms with Crippen LogP contribution in [0.3, 0.4) is 0 Å². The Morgan fingerprint density at radius 3 is 1.91 bits per heavy atom. The van der Waals surface area contributed by atoms with Crippen LogP contribution >= 0.6 is 0 Å². The van der Waals surface area contributed by atoms with Crippen LogP contribution in [0.5, 0.6) is 34.5 Å². The molecule has 0 bridgehead atoms. The molecule has 0 aromatic heterocycles. The van der Waals surface area contributed by atoms with Crippen LogP contribution in [-0.2, 0) is 0 Å². The van der Waals surface area contributed by atoms with Crippen LogP contribution in [0.25, 0.3) is 12.2 Å². The van der Waals surface area contributed by atoms with Gasteiger partial charge in [0, 0.05) is 5.56 Å². The maximum atomic E-state index is 9.52. The lowest BCUT2D eigenvalue weighted by molar-refractivity contribution is 0.324. The van der Waals surface area contributed by atoms with Gasteiger partial charge in [-0.1, -0.05) is 12.2 Å². The van der Waals surface area contributed by atoms with Crippen molar-refractivity contribution in [2.75, 3.05) is 21.3 Å². The van der Waals surface area contributed by atoms with Gasteiger partial charge < -0.3 is 29.5 Å². The summed E-state index contributed by atoms with van der Waals surface area (Å²) in [4.78, 5) is 0. The number of rotatable bonds is 5. The summed E-state index contributed by atoms with van der Waals surface area (Å²) in [6, 6.07) is 6.20. The molecule has 0 heterocycles. The van der Waals surface area contributed by atoms with Gasteiger partial charge >= 0.3 is 0 Å². The Morgan fingerprint density at radius 1 is 0.783 bits per heavy atom. The first kappa shape index (κ1) is 16.4. The molecule has 122 valence electrons. The zero-order valence-corrected chi connectivity index (χ0v) is 13.0. The van der Waals surface area contributed by atoms with E-state index in [0.717, 1.165) is 5.56 Å². The smallest absolute Gasteiger partial charge is 0.203 e. The van der Waals surface area contributed by atoms with Gasteiger partial charge in [-0.3, -0.25) is 0 Å². The zero-order chi connectivity index (χ0) is 17.0. The van der Waals surface area contributed by atoms with E-state index in [0.29, 0.717) is 22.8 Å². The second kappa shape index (κ2) is 6.83. The van der Waals surface area contributed by atoms with Crippen molar-refractivity contribution in [2.45, 2.75) is 0 Å². The standard InChI is InChI=1S/C17H18O6/c1-21-14-7-6-11(16(22-2)17(14)23-3)5-4-10-8-12(18)15(20)13(19)9-10/h4-9,18-20H,1-3H3. The molecule has 0 radical (unpaired) electrons. The number of phenolic OH excluding ortho intramolecular Hbond substituents is 3. The lowest BCUT2D eigenvalue weighted by atomic mass is 10.1. The average molecular weight is 318 g/mol. The largest absolute Gasteiger partial charge is 0.504 e. The summed E-state index contributed by atoms with van der Waals surface area (Å²) in [5, 5.41) is 28.4. The molecule has 0 saturated carbocycles. The van der Waals surface area contributed by atoms with Crippen molar-refractivity contribution in [3.05, 3.63) is 35.4 Å². The van der Waals surface area contributed by atoms with Crippen molar-refractivity contribution < 1.29 is 29.5 Å². The van der Waals surface area contributed by atoms with Gasteiger partial charge in [-0.25, -0.2) is 0 Å². The first-order chi connectivity index (χ1) is 11.0. The molecule has 6 nitrogen and oxygen atoms in total. The third-order valence-corrected chi connectivity index (χ3v) is 3.28. The van der Waals surface area contributed by atoms with Crippen molar-refractivity contribution in [3.8, 4) is 34.5 Å². The van der Waals surface area contributed by atoms with Crippen LogP contribution in [0.2, 0.25) is 0 Å². The molecule has 0 atom stereocenters. The molecule has 0 saturated heterocycles. The molecule has 0 aliphatic carbocycles. The maximum Gasteiger partial charge on any atom is 0.203 e. The van der Waals surface area contributed by atoms with Gasteiger partial charge in [0.2, 0.25) is 5.75 Å². The van der Waals surface area contributed by atoms with E-state index in [1.54, 1.807) is 24.3 Å². The van der Waals surface area contributed by atoms with E-state index in [-0.39, 0.29) is 0 Å². The van der Waals surface area contributed by atoms with E-state index in [2.05, 4.69) is 0 Å². The lowest BCUT2D eigenvalue weighted by Gasteiger charge is -2.14. The van der Waals surface area contributed by atoms with Crippen molar-refractivity contribution in [1.82, 2.24) is 0 Å². The lowest BCUT2D eigenvalue weighted by Crippen LogP contribution is -1.96. The topological polar surface area (TPSA) is 88.4 Å². The minimum Gasteiger partial charge on any atom is -0.504 e. The van der Waals surface area contributed by atoms with Crippen LogP contribution in [0, 0.1) is 0 Å². The molecule has 2 rings (SSSR count). The molecule has 0 fully saturated rings. The van der Waals surface area contributed by atoms with Gasteiger partial charge in [-0.05, 0) is 29.8 Å². The minimum atomic E-state index is -0.550. The highest BCUT2D eigenvalue weighted by molar-refractivity contribution is 5.77. The van der Waals surface area contributed by atoms with E-state index in [4.69, 9.17) is 14.2 Å². The fourth-order valence-corrected chi connectivity index (χ4v) is 2.16. The van der Waals surface area contributed by atoms with Gasteiger partial charge in [-0.15, -0.1) is 0 Å². The summed E-state index contributed by atoms with van der Waals surface area (Å²) in [6.07, 6.45) is 3.38. The Hall–Kier alpha value is -3.02. The van der Waals surface area contributed by atoms with Crippen molar-refractivity contribution >= 4 is 12.2 Å². The van der Waals surface area contributed by atoms with Gasteiger partial charge in [-0.2, -0.15) is 0 Å². The highest BCUT2D eigenvalue weighted by Crippen LogP contribution is 2.41. The summed E-state index contributed by atoms with van der Waals surface area (Å²) in [5.74, 6) is 0.156. The fraction of sp³-hybridized carbons (Fsp3) is 0.176. The highest BCUT2D eigenvalue weighted by atomic mass is 16.5. The summed E-state index contributed by atoms with van der Waals surface area (Å²) < 4.78 is 15.9. The van der Waals surface area contributed by atoms with Crippen LogP contribution in [0.4, 0.5) is 0 Å². The Balaban J connectivity index is 2.43. The first-order valence-corrected chi connectivity index (χ1v) is 6.73. The van der Waals surface area contributed by atoms with E-state index in [9.17, 15) is 15.3 Å². The highest BCUT2D eigenvalue weighted by Gasteiger charge is 2.14. The fourth-order valence-electron chi connectivity index (χ4n) is 2.16. The predicted molar refractivity (Wildman–Crippen MR) is 86.5 cm³/mol. The molecule has 6 heteroatoms. The average Bonchev–Trinajstić information content (AvgIpc) is 2.56. The summed E-state index contributed by atoms with van der Waals surface area (Å²) in [6.45, 7) is 0. The van der Waals surface area contributed by atoms with Crippen molar-refractivity contribution in [3.63, 3.8) is 0 Å². The van der Waals surface area contributed by atoms with Crippen LogP contribution in [-0.4, -0.2) is 36.6 Å². The minimum absolute atomic E-state index is 0.399. The van der Waals surface area contributed by atoms with E-state index >= 15 is 0 Å². The summed E-state index contributed by atoms with van der Waals surface area (Å²) >= 11 is 0. The Bertz CT molecular complexity index is 713. The number of phenols is 3. The number of hydrogen-bond donors (Lipinski definition) is 3. The van der Waals surface area contributed by atoms with Gasteiger partial charge in [0.25, 0.3) is 0 Å². The Kier molecular flexibility index (Phi) is 4.85. The van der Waals surface area contributed by atoms with Crippen LogP contribution in [0.15, 0.2) is 24.3 Å². The SMILES string of the molecule is COc1ccc(C=Cc2cc(O)c(O)c(O)c2)c(OC)c1OC. The number of benzene rings is 2. The van der Waals surface area contributed by atoms with Gasteiger partial charge in [0.15, 0.2) is 28.7 Å². The summed E-state index contributed by atoms with van der Waals surface area (Å²) in [7, 11) is 4.57. The van der Waals surface area contributed by atoms with E-state index in [1.807, 2.05) is 0 Å². The molecule has 0 unspecified atom stereocenters. The Labute approximate surface area is 133 Å². The number of ether oxygens (including phenoxy) is 3. The monoisotopic (exact) mass is 318 g/mol. The van der Waals surface area contributed by atoms with E-state index in [1.165, 1.54) is 33.5 Å². The first-order valence-electron chi connectivity index (χ1n) is 6.73. The maximum absolute atomic E-state index is 9.52. The van der Waals surface area contributed by atoms with E-state index < -0.39 is 17.2 Å². The molecule has 2 aromatic carbocycles. The number of aromatic hydroxyl groups is 3. The quantitative estimate of drug-likeness (QED) is 0.580. The second-order valence-electron chi connectivity index (χ2n) is 4.66. The van der Waals surface area contributed by atoms with Crippen LogP contribution < -0.4 is 14.2 Å². The third kappa shape index (κ3) is 3.26. The molecule has 0 amide bonds. The normalized spacial score (nSPS) is 10.7. The molecular formula is C17H18O6. The van der Waals surface area contributed by atoms with Crippen molar-refractivity contribution in [2.24, 2.45) is 0 Å². The third-order valence-electron chi connectivity index (χ3n) is 3.28. The van der Waals surface area contributed by atoms with Crippen LogP contribution in [0.1, 0.15) is 11.1 Å². The molecule has 0 spiro atoms. The molecule has 3 N–H and O–H groups in total. The predicted octanol–water partition coefficient (Wildman–Crippen LogP) is 3.00. The van der Waals surface area contributed by atoms with Crippen molar-refractivity contribution in [1.29, 1.82) is 0 Å². The summed E-state index contributed by atoms with van der Waals surface area (Å²) in [5.41, 5.74) is 1.23. The second-order valence-corrected chi connectivity index (χ2v) is 4.66. The molecular weight excluding hydrogens is 300 g/mol. The molecule has 0 aliphatic rings. The number of methoxy groups -OCH3 is 3. The zero-order valence-electron chi connectivity index (χ0n) is 13.0. The Morgan fingerprint density at radius 2 is 1.39 bits per heavy atom. The van der Waals surface area contributed by atoms with Gasteiger partial charge in [0.05, 0.1) is 21.3 Å². The molecule has 2 aromatic rings.